The second-order valence-corrected chi connectivity index (χ2v) is 5.78. The summed E-state index contributed by atoms with van der Waals surface area (Å²) in [7, 11) is 1.73. The van der Waals surface area contributed by atoms with Gasteiger partial charge in [-0.25, -0.2) is 8.78 Å². The van der Waals surface area contributed by atoms with Crippen molar-refractivity contribution in [3.63, 3.8) is 0 Å². The lowest BCUT2D eigenvalue weighted by molar-refractivity contribution is -0.117. The van der Waals surface area contributed by atoms with Crippen LogP contribution in [0.1, 0.15) is 11.6 Å². The van der Waals surface area contributed by atoms with Gasteiger partial charge in [-0.3, -0.25) is 4.79 Å². The Kier molecular flexibility index (Phi) is 3.65. The van der Waals surface area contributed by atoms with Gasteiger partial charge in [0.15, 0.2) is 11.6 Å². The first-order valence-electron chi connectivity index (χ1n) is 6.33. The van der Waals surface area contributed by atoms with Crippen LogP contribution in [0.5, 0.6) is 0 Å². The summed E-state index contributed by atoms with van der Waals surface area (Å²) in [6, 6.07) is 8.97. The first kappa shape index (κ1) is 14.0. The monoisotopic (exact) mass is 306 g/mol. The largest absolute Gasteiger partial charge is 0.324 e. The topological polar surface area (TPSA) is 41.1 Å². The van der Waals surface area contributed by atoms with Crippen molar-refractivity contribution in [1.82, 2.24) is 5.32 Å². The average Bonchev–Trinajstić information content (AvgIpc) is 2.77. The number of carbonyl (C=O) groups excluding carboxylic acids is 1. The van der Waals surface area contributed by atoms with Gasteiger partial charge in [0, 0.05) is 21.0 Å². The van der Waals surface area contributed by atoms with E-state index in [0.717, 1.165) is 28.3 Å². The lowest BCUT2D eigenvalue weighted by Crippen LogP contribution is -2.23. The van der Waals surface area contributed by atoms with Gasteiger partial charge < -0.3 is 10.6 Å². The summed E-state index contributed by atoms with van der Waals surface area (Å²) in [6.07, 6.45) is 0. The molecule has 21 heavy (non-hydrogen) atoms. The Hall–Kier alpha value is -1.92. The van der Waals surface area contributed by atoms with E-state index >= 15 is 0 Å². The van der Waals surface area contributed by atoms with Crippen molar-refractivity contribution in [1.29, 1.82) is 0 Å². The second-order valence-electron chi connectivity index (χ2n) is 4.64. The molecule has 1 aliphatic heterocycles. The highest BCUT2D eigenvalue weighted by molar-refractivity contribution is 7.99. The highest BCUT2D eigenvalue weighted by atomic mass is 32.2. The van der Waals surface area contributed by atoms with E-state index in [1.807, 2.05) is 18.2 Å². The van der Waals surface area contributed by atoms with E-state index < -0.39 is 11.6 Å². The van der Waals surface area contributed by atoms with E-state index in [-0.39, 0.29) is 11.9 Å². The van der Waals surface area contributed by atoms with Gasteiger partial charge in [-0.05, 0) is 37.4 Å². The molecule has 3 rings (SSSR count). The van der Waals surface area contributed by atoms with Crippen LogP contribution in [0.2, 0.25) is 0 Å². The number of amides is 1. The van der Waals surface area contributed by atoms with E-state index in [1.165, 1.54) is 17.8 Å². The molecular weight excluding hydrogens is 294 g/mol. The summed E-state index contributed by atoms with van der Waals surface area (Å²) in [5.74, 6) is -1.83. The van der Waals surface area contributed by atoms with Gasteiger partial charge in [0.05, 0.1) is 0 Å². The van der Waals surface area contributed by atoms with Crippen LogP contribution in [0.3, 0.4) is 0 Å². The molecule has 108 valence electrons. The number of rotatable bonds is 3. The number of hydrogen-bond acceptors (Lipinski definition) is 3. The predicted octanol–water partition coefficient (Wildman–Crippen LogP) is 3.33. The lowest BCUT2D eigenvalue weighted by Gasteiger charge is -2.07. The fraction of sp³-hybridized carbons (Fsp3) is 0.133. The molecule has 2 aromatic rings. The summed E-state index contributed by atoms with van der Waals surface area (Å²) in [6.45, 7) is 0. The summed E-state index contributed by atoms with van der Waals surface area (Å²) in [5, 5.41) is 5.74. The SMILES string of the molecule is CNC1C(=O)Nc2cc(Sc3ccc(F)c(F)c3)ccc21. The zero-order chi connectivity index (χ0) is 15.0. The van der Waals surface area contributed by atoms with Crippen molar-refractivity contribution in [2.45, 2.75) is 15.8 Å². The van der Waals surface area contributed by atoms with Crippen LogP contribution < -0.4 is 10.6 Å². The molecule has 1 aliphatic rings. The maximum atomic E-state index is 13.2. The molecule has 0 saturated carbocycles. The van der Waals surface area contributed by atoms with Gasteiger partial charge >= 0.3 is 0 Å². The fourth-order valence-corrected chi connectivity index (χ4v) is 3.15. The standard InChI is InChI=1S/C15H12F2N2OS/c1-18-14-10-4-2-9(7-13(10)19-15(14)20)21-8-3-5-11(16)12(17)6-8/h2-7,14,18H,1H3,(H,19,20). The highest BCUT2D eigenvalue weighted by Crippen LogP contribution is 2.36. The minimum atomic E-state index is -0.871. The van der Waals surface area contributed by atoms with Crippen molar-refractivity contribution < 1.29 is 13.6 Å². The van der Waals surface area contributed by atoms with Crippen molar-refractivity contribution >= 4 is 23.4 Å². The van der Waals surface area contributed by atoms with Crippen LogP contribution in [0.4, 0.5) is 14.5 Å². The van der Waals surface area contributed by atoms with Crippen molar-refractivity contribution in [2.75, 3.05) is 12.4 Å². The molecule has 0 fully saturated rings. The van der Waals surface area contributed by atoms with E-state index in [2.05, 4.69) is 10.6 Å². The zero-order valence-corrected chi connectivity index (χ0v) is 11.9. The quantitative estimate of drug-likeness (QED) is 0.914. The maximum absolute atomic E-state index is 13.2. The molecular formula is C15H12F2N2OS. The first-order valence-corrected chi connectivity index (χ1v) is 7.15. The number of hydrogen-bond donors (Lipinski definition) is 2. The molecule has 0 bridgehead atoms. The van der Waals surface area contributed by atoms with Gasteiger partial charge in [-0.2, -0.15) is 0 Å². The van der Waals surface area contributed by atoms with E-state index in [0.29, 0.717) is 4.90 Å². The molecule has 0 spiro atoms. The Bertz CT molecular complexity index is 721. The molecule has 3 nitrogen and oxygen atoms in total. The normalized spacial score (nSPS) is 16.7. The molecule has 0 saturated heterocycles. The van der Waals surface area contributed by atoms with Crippen LogP contribution in [0, 0.1) is 11.6 Å². The molecule has 1 unspecified atom stereocenters. The Morgan fingerprint density at radius 3 is 2.52 bits per heavy atom. The lowest BCUT2D eigenvalue weighted by atomic mass is 10.1. The van der Waals surface area contributed by atoms with Crippen molar-refractivity contribution in [3.8, 4) is 0 Å². The number of nitrogens with one attached hydrogen (secondary N) is 2. The second kappa shape index (κ2) is 5.46. The molecule has 0 aliphatic carbocycles. The molecule has 1 atom stereocenters. The van der Waals surface area contributed by atoms with E-state index in [4.69, 9.17) is 0 Å². The maximum Gasteiger partial charge on any atom is 0.246 e. The minimum Gasteiger partial charge on any atom is -0.324 e. The predicted molar refractivity (Wildman–Crippen MR) is 77.4 cm³/mol. The third kappa shape index (κ3) is 2.64. The van der Waals surface area contributed by atoms with Crippen LogP contribution in [-0.2, 0) is 4.79 Å². The number of carbonyl (C=O) groups is 1. The highest BCUT2D eigenvalue weighted by Gasteiger charge is 2.29. The third-order valence-electron chi connectivity index (χ3n) is 3.27. The van der Waals surface area contributed by atoms with Gasteiger partial charge in [-0.1, -0.05) is 17.8 Å². The Labute approximate surface area is 124 Å². The van der Waals surface area contributed by atoms with Gasteiger partial charge in [0.25, 0.3) is 0 Å². The Morgan fingerprint density at radius 2 is 1.81 bits per heavy atom. The van der Waals surface area contributed by atoms with Crippen LogP contribution in [0.25, 0.3) is 0 Å². The molecule has 1 heterocycles. The Balaban J connectivity index is 1.87. The third-order valence-corrected chi connectivity index (χ3v) is 4.25. The molecule has 0 aromatic heterocycles. The van der Waals surface area contributed by atoms with Gasteiger partial charge in [0.2, 0.25) is 5.91 Å². The van der Waals surface area contributed by atoms with Crippen molar-refractivity contribution in [2.24, 2.45) is 0 Å². The molecule has 6 heteroatoms. The van der Waals surface area contributed by atoms with Crippen molar-refractivity contribution in [3.05, 3.63) is 53.6 Å². The number of fused-ring (bicyclic) bond motifs is 1. The molecule has 2 aromatic carbocycles. The zero-order valence-electron chi connectivity index (χ0n) is 11.1. The smallest absolute Gasteiger partial charge is 0.246 e. The average molecular weight is 306 g/mol. The van der Waals surface area contributed by atoms with Crippen LogP contribution >= 0.6 is 11.8 Å². The molecule has 1 amide bonds. The first-order chi connectivity index (χ1) is 10.1. The number of halogens is 2. The van der Waals surface area contributed by atoms with Crippen LogP contribution in [-0.4, -0.2) is 13.0 Å². The van der Waals surface area contributed by atoms with E-state index in [1.54, 1.807) is 7.05 Å². The van der Waals surface area contributed by atoms with Gasteiger partial charge in [0.1, 0.15) is 6.04 Å². The summed E-state index contributed by atoms with van der Waals surface area (Å²) < 4.78 is 26.1. The summed E-state index contributed by atoms with van der Waals surface area (Å²) in [5.41, 5.74) is 1.63. The number of likely N-dealkylation sites (N-methyl/N-ethyl adjacent to an activating group) is 1. The van der Waals surface area contributed by atoms with E-state index in [9.17, 15) is 13.6 Å². The fourth-order valence-electron chi connectivity index (χ4n) is 2.27. The summed E-state index contributed by atoms with van der Waals surface area (Å²) >= 11 is 1.31. The molecule has 0 radical (unpaired) electrons. The number of benzene rings is 2. The molecule has 2 N–H and O–H groups in total. The Morgan fingerprint density at radius 1 is 1.10 bits per heavy atom. The summed E-state index contributed by atoms with van der Waals surface area (Å²) in [4.78, 5) is 13.2. The number of anilines is 1. The van der Waals surface area contributed by atoms with Crippen LogP contribution in [0.15, 0.2) is 46.2 Å². The minimum absolute atomic E-state index is 0.0949. The van der Waals surface area contributed by atoms with Gasteiger partial charge in [-0.15, -0.1) is 0 Å².